The predicted molar refractivity (Wildman–Crippen MR) is 52.9 cm³/mol. The van der Waals surface area contributed by atoms with Crippen molar-refractivity contribution in [2.75, 3.05) is 0 Å². The Kier molecular flexibility index (Phi) is 1.86. The van der Waals surface area contributed by atoms with E-state index in [2.05, 4.69) is 38.2 Å². The van der Waals surface area contributed by atoms with Crippen LogP contribution in [0.2, 0.25) is 0 Å². The molecular weight excluding hydrogens is 144 g/mol. The summed E-state index contributed by atoms with van der Waals surface area (Å²) < 4.78 is 0. The molecule has 0 amide bonds. The minimum atomic E-state index is 0.465. The van der Waals surface area contributed by atoms with E-state index >= 15 is 0 Å². The maximum atomic E-state index is 2.45. The van der Waals surface area contributed by atoms with Gasteiger partial charge in [0.25, 0.3) is 0 Å². The Bertz CT molecular complexity index is 224. The molecule has 12 heavy (non-hydrogen) atoms. The van der Waals surface area contributed by atoms with E-state index < -0.39 is 0 Å². The van der Waals surface area contributed by atoms with Crippen LogP contribution in [0.1, 0.15) is 33.1 Å². The molecular formula is C12H18. The molecule has 3 atom stereocenters. The third-order valence-corrected chi connectivity index (χ3v) is 3.84. The molecule has 0 aromatic rings. The lowest BCUT2D eigenvalue weighted by Crippen LogP contribution is -2.35. The Morgan fingerprint density at radius 2 is 2.17 bits per heavy atom. The molecule has 0 heterocycles. The predicted octanol–water partition coefficient (Wildman–Crippen LogP) is 3.55. The standard InChI is InChI=1S/C12H18/c1-10-6-5-8-11-7-3-4-9-12(10,11)2/h4-5,8-11H,3,6-7H2,1-2H3/t10-,11-,12-/m1/s1. The van der Waals surface area contributed by atoms with Crippen molar-refractivity contribution in [3.63, 3.8) is 0 Å². The summed E-state index contributed by atoms with van der Waals surface area (Å²) in [5.74, 6) is 1.63. The number of hydrogen-bond acceptors (Lipinski definition) is 0. The van der Waals surface area contributed by atoms with Gasteiger partial charge in [0.2, 0.25) is 0 Å². The highest BCUT2D eigenvalue weighted by atomic mass is 14.4. The molecule has 0 saturated heterocycles. The summed E-state index contributed by atoms with van der Waals surface area (Å²) in [7, 11) is 0. The van der Waals surface area contributed by atoms with Gasteiger partial charge >= 0.3 is 0 Å². The fraction of sp³-hybridized carbons (Fsp3) is 0.667. The average molecular weight is 162 g/mol. The zero-order chi connectivity index (χ0) is 8.60. The second-order valence-corrected chi connectivity index (χ2v) is 4.52. The minimum Gasteiger partial charge on any atom is -0.0879 e. The molecule has 0 aliphatic heterocycles. The van der Waals surface area contributed by atoms with Crippen LogP contribution in [-0.2, 0) is 0 Å². The van der Waals surface area contributed by atoms with E-state index in [-0.39, 0.29) is 0 Å². The first-order chi connectivity index (χ1) is 5.73. The third kappa shape index (κ3) is 1.05. The van der Waals surface area contributed by atoms with Crippen molar-refractivity contribution in [2.24, 2.45) is 17.3 Å². The highest BCUT2D eigenvalue weighted by molar-refractivity contribution is 5.16. The minimum absolute atomic E-state index is 0.465. The molecule has 0 unspecified atom stereocenters. The van der Waals surface area contributed by atoms with Crippen LogP contribution < -0.4 is 0 Å². The first kappa shape index (κ1) is 8.10. The van der Waals surface area contributed by atoms with Gasteiger partial charge in [0.1, 0.15) is 0 Å². The van der Waals surface area contributed by atoms with Gasteiger partial charge in [-0.15, -0.1) is 0 Å². The summed E-state index contributed by atoms with van der Waals surface area (Å²) >= 11 is 0. The fourth-order valence-electron chi connectivity index (χ4n) is 2.58. The largest absolute Gasteiger partial charge is 0.0879 e. The molecule has 0 N–H and O–H groups in total. The molecule has 2 rings (SSSR count). The van der Waals surface area contributed by atoms with Crippen LogP contribution in [0.3, 0.4) is 0 Å². The highest BCUT2D eigenvalue weighted by Crippen LogP contribution is 2.47. The lowest BCUT2D eigenvalue weighted by atomic mass is 9.61. The first-order valence-corrected chi connectivity index (χ1v) is 5.08. The second kappa shape index (κ2) is 2.76. The van der Waals surface area contributed by atoms with E-state index in [0.717, 1.165) is 11.8 Å². The molecule has 0 nitrogen and oxygen atoms in total. The van der Waals surface area contributed by atoms with Crippen LogP contribution >= 0.6 is 0 Å². The third-order valence-electron chi connectivity index (χ3n) is 3.84. The van der Waals surface area contributed by atoms with E-state index in [1.807, 2.05) is 0 Å². The van der Waals surface area contributed by atoms with Crippen LogP contribution in [0.4, 0.5) is 0 Å². The Labute approximate surface area is 75.4 Å². The summed E-state index contributed by atoms with van der Waals surface area (Å²) in [5.41, 5.74) is 0.465. The summed E-state index contributed by atoms with van der Waals surface area (Å²) in [4.78, 5) is 0. The number of allylic oxidation sites excluding steroid dienone is 4. The Morgan fingerprint density at radius 3 is 2.92 bits per heavy atom. The van der Waals surface area contributed by atoms with E-state index in [1.165, 1.54) is 19.3 Å². The maximum Gasteiger partial charge on any atom is -0.00551 e. The van der Waals surface area contributed by atoms with Crippen molar-refractivity contribution in [2.45, 2.75) is 33.1 Å². The van der Waals surface area contributed by atoms with Gasteiger partial charge in [-0.1, -0.05) is 38.2 Å². The van der Waals surface area contributed by atoms with E-state index in [0.29, 0.717) is 5.41 Å². The molecule has 0 spiro atoms. The Morgan fingerprint density at radius 1 is 1.33 bits per heavy atom. The zero-order valence-electron chi connectivity index (χ0n) is 8.09. The van der Waals surface area contributed by atoms with Crippen LogP contribution in [0, 0.1) is 17.3 Å². The lowest BCUT2D eigenvalue weighted by molar-refractivity contribution is 0.171. The van der Waals surface area contributed by atoms with Gasteiger partial charge in [0.05, 0.1) is 0 Å². The van der Waals surface area contributed by atoms with Crippen molar-refractivity contribution >= 4 is 0 Å². The summed E-state index contributed by atoms with van der Waals surface area (Å²) in [6.45, 7) is 4.80. The van der Waals surface area contributed by atoms with E-state index in [1.54, 1.807) is 0 Å². The average Bonchev–Trinajstić information content (AvgIpc) is 2.07. The van der Waals surface area contributed by atoms with Gasteiger partial charge in [-0.25, -0.2) is 0 Å². The Balaban J connectivity index is 2.33. The van der Waals surface area contributed by atoms with Crippen molar-refractivity contribution in [3.05, 3.63) is 24.3 Å². The molecule has 2 aliphatic rings. The van der Waals surface area contributed by atoms with Crippen LogP contribution in [0.25, 0.3) is 0 Å². The smallest absolute Gasteiger partial charge is 0.00551 e. The monoisotopic (exact) mass is 162 g/mol. The van der Waals surface area contributed by atoms with Crippen LogP contribution in [0.15, 0.2) is 24.3 Å². The molecule has 0 bridgehead atoms. The van der Waals surface area contributed by atoms with Gasteiger partial charge in [-0.3, -0.25) is 0 Å². The van der Waals surface area contributed by atoms with Crippen molar-refractivity contribution in [3.8, 4) is 0 Å². The molecule has 2 aliphatic carbocycles. The highest BCUT2D eigenvalue weighted by Gasteiger charge is 2.38. The fourth-order valence-corrected chi connectivity index (χ4v) is 2.58. The van der Waals surface area contributed by atoms with Crippen molar-refractivity contribution in [1.82, 2.24) is 0 Å². The number of rotatable bonds is 0. The number of hydrogen-bond donors (Lipinski definition) is 0. The lowest BCUT2D eigenvalue weighted by Gasteiger charge is -2.43. The van der Waals surface area contributed by atoms with E-state index in [4.69, 9.17) is 0 Å². The zero-order valence-corrected chi connectivity index (χ0v) is 8.09. The normalized spacial score (nSPS) is 45.8. The van der Waals surface area contributed by atoms with E-state index in [9.17, 15) is 0 Å². The van der Waals surface area contributed by atoms with Gasteiger partial charge in [0, 0.05) is 0 Å². The molecule has 66 valence electrons. The summed E-state index contributed by atoms with van der Waals surface area (Å²) in [6.07, 6.45) is 13.5. The quantitative estimate of drug-likeness (QED) is 0.478. The van der Waals surface area contributed by atoms with Crippen LogP contribution in [-0.4, -0.2) is 0 Å². The molecule has 0 heteroatoms. The Hall–Kier alpha value is -0.520. The van der Waals surface area contributed by atoms with Gasteiger partial charge in [-0.05, 0) is 36.5 Å². The molecule has 0 fully saturated rings. The van der Waals surface area contributed by atoms with Crippen molar-refractivity contribution < 1.29 is 0 Å². The second-order valence-electron chi connectivity index (χ2n) is 4.52. The first-order valence-electron chi connectivity index (χ1n) is 5.08. The SMILES string of the molecule is C[C@@H]1CC=C[C@H]2CCC=C[C@]12C. The van der Waals surface area contributed by atoms with Gasteiger partial charge in [0.15, 0.2) is 0 Å². The molecule has 0 aromatic carbocycles. The molecule has 0 saturated carbocycles. The summed E-state index contributed by atoms with van der Waals surface area (Å²) in [6, 6.07) is 0. The summed E-state index contributed by atoms with van der Waals surface area (Å²) in [5, 5.41) is 0. The van der Waals surface area contributed by atoms with Gasteiger partial charge in [-0.2, -0.15) is 0 Å². The molecule has 0 aromatic heterocycles. The maximum absolute atomic E-state index is 2.45. The van der Waals surface area contributed by atoms with Crippen molar-refractivity contribution in [1.29, 1.82) is 0 Å². The van der Waals surface area contributed by atoms with Crippen LogP contribution in [0.5, 0.6) is 0 Å². The van der Waals surface area contributed by atoms with Gasteiger partial charge < -0.3 is 0 Å². The molecule has 0 radical (unpaired) electrons. The number of fused-ring (bicyclic) bond motifs is 1. The topological polar surface area (TPSA) is 0 Å².